The van der Waals surface area contributed by atoms with Crippen LogP contribution in [0.1, 0.15) is 56.9 Å². The van der Waals surface area contributed by atoms with Crippen LogP contribution < -0.4 is 10.1 Å². The van der Waals surface area contributed by atoms with Gasteiger partial charge in [0.1, 0.15) is 16.8 Å². The van der Waals surface area contributed by atoms with Gasteiger partial charge in [-0.15, -0.1) is 11.3 Å². The first-order valence-electron chi connectivity index (χ1n) is 13.5. The van der Waals surface area contributed by atoms with Gasteiger partial charge >= 0.3 is 0 Å². The van der Waals surface area contributed by atoms with Gasteiger partial charge in [-0.1, -0.05) is 25.2 Å². The van der Waals surface area contributed by atoms with Crippen molar-refractivity contribution in [2.45, 2.75) is 70.1 Å². The molecule has 4 unspecified atom stereocenters. The summed E-state index contributed by atoms with van der Waals surface area (Å²) in [5, 5.41) is 24.0. The Bertz CT molecular complexity index is 1290. The van der Waals surface area contributed by atoms with E-state index in [9.17, 15) is 15.2 Å². The largest absolute Gasteiger partial charge is 0.490 e. The van der Waals surface area contributed by atoms with Gasteiger partial charge in [0, 0.05) is 41.2 Å². The van der Waals surface area contributed by atoms with Crippen molar-refractivity contribution in [3.8, 4) is 22.4 Å². The first-order chi connectivity index (χ1) is 18.3. The van der Waals surface area contributed by atoms with Crippen LogP contribution in [0.5, 0.6) is 5.75 Å². The highest BCUT2D eigenvalue weighted by molar-refractivity contribution is 7.15. The van der Waals surface area contributed by atoms with E-state index in [1.807, 2.05) is 38.2 Å². The molecule has 2 aromatic rings. The number of rotatable bonds is 7. The van der Waals surface area contributed by atoms with E-state index in [2.05, 4.69) is 36.5 Å². The van der Waals surface area contributed by atoms with Gasteiger partial charge in [-0.05, 0) is 69.2 Å². The van der Waals surface area contributed by atoms with Crippen LogP contribution in [0.15, 0.2) is 48.2 Å². The highest BCUT2D eigenvalue weighted by atomic mass is 32.1. The fraction of sp³-hybridized carbons (Fsp3) is 0.500. The van der Waals surface area contributed by atoms with Gasteiger partial charge in [0.2, 0.25) is 5.91 Å². The normalized spacial score (nSPS) is 26.7. The highest BCUT2D eigenvalue weighted by Gasteiger charge is 2.44. The van der Waals surface area contributed by atoms with Gasteiger partial charge in [-0.25, -0.2) is 4.98 Å². The second kappa shape index (κ2) is 11.0. The average molecular weight is 533 g/mol. The summed E-state index contributed by atoms with van der Waals surface area (Å²) in [6, 6.07) is 8.11. The number of amides is 1. The molecule has 200 valence electrons. The number of β-amino-alcohol motifs (C(OH)–C–C–N with tert-alkyl or cyclic N) is 1. The number of allylic oxidation sites excluding steroid dienone is 3. The van der Waals surface area contributed by atoms with E-state index in [0.29, 0.717) is 30.3 Å². The molecule has 4 atom stereocenters. The first kappa shape index (κ1) is 26.6. The summed E-state index contributed by atoms with van der Waals surface area (Å²) in [7, 11) is 0. The van der Waals surface area contributed by atoms with Crippen molar-refractivity contribution in [2.24, 2.45) is 5.92 Å². The van der Waals surface area contributed by atoms with Crippen molar-refractivity contribution < 1.29 is 14.6 Å². The second-order valence-corrected chi connectivity index (χ2v) is 12.1. The Hall–Kier alpha value is -2.99. The third-order valence-corrected chi connectivity index (χ3v) is 9.30. The smallest absolute Gasteiger partial charge is 0.236 e. The van der Waals surface area contributed by atoms with Gasteiger partial charge < -0.3 is 20.1 Å². The molecule has 1 aliphatic heterocycles. The average Bonchev–Trinajstić information content (AvgIpc) is 3.56. The number of thiazole rings is 1. The Morgan fingerprint density at radius 3 is 2.97 bits per heavy atom. The van der Waals surface area contributed by atoms with Crippen molar-refractivity contribution in [1.82, 2.24) is 15.2 Å². The zero-order valence-corrected chi connectivity index (χ0v) is 23.1. The van der Waals surface area contributed by atoms with Crippen molar-refractivity contribution in [3.05, 3.63) is 58.6 Å². The highest BCUT2D eigenvalue weighted by Crippen LogP contribution is 2.50. The van der Waals surface area contributed by atoms with E-state index in [-0.39, 0.29) is 23.5 Å². The van der Waals surface area contributed by atoms with E-state index in [1.54, 1.807) is 16.2 Å². The minimum atomic E-state index is -0.405. The third-order valence-electron chi connectivity index (χ3n) is 8.00. The van der Waals surface area contributed by atoms with Crippen molar-refractivity contribution in [2.75, 3.05) is 19.6 Å². The van der Waals surface area contributed by atoms with E-state index in [0.717, 1.165) is 42.8 Å². The maximum atomic E-state index is 12.8. The molecule has 1 saturated carbocycles. The molecule has 1 aromatic heterocycles. The number of carbonyl (C=O) groups is 1. The van der Waals surface area contributed by atoms with Crippen LogP contribution in [0, 0.1) is 17.2 Å². The molecule has 7 nitrogen and oxygen atoms in total. The number of hydrogen-bond donors (Lipinski definition) is 2. The van der Waals surface area contributed by atoms with E-state index >= 15 is 0 Å². The summed E-state index contributed by atoms with van der Waals surface area (Å²) in [4.78, 5) is 20.5. The number of ether oxygens (including phenoxy) is 1. The molecule has 0 bridgehead atoms. The number of piperidine rings is 1. The summed E-state index contributed by atoms with van der Waals surface area (Å²) >= 11 is 1.67. The number of aliphatic hydroxyl groups is 1. The van der Waals surface area contributed by atoms with Crippen LogP contribution >= 0.6 is 11.3 Å². The van der Waals surface area contributed by atoms with Gasteiger partial charge in [0.15, 0.2) is 0 Å². The quantitative estimate of drug-likeness (QED) is 0.542. The predicted octanol–water partition coefficient (Wildman–Crippen LogP) is 4.57. The monoisotopic (exact) mass is 532 g/mol. The van der Waals surface area contributed by atoms with Crippen LogP contribution in [0.25, 0.3) is 10.6 Å². The summed E-state index contributed by atoms with van der Waals surface area (Å²) < 4.78 is 5.78. The van der Waals surface area contributed by atoms with Crippen LogP contribution in [0.3, 0.4) is 0 Å². The molecule has 38 heavy (non-hydrogen) atoms. The van der Waals surface area contributed by atoms with Crippen LogP contribution in [0.4, 0.5) is 0 Å². The number of fused-ring (bicyclic) bond motifs is 1. The summed E-state index contributed by atoms with van der Waals surface area (Å²) in [6.45, 7) is 7.64. The Balaban J connectivity index is 1.29. The summed E-state index contributed by atoms with van der Waals surface area (Å²) in [5.41, 5.74) is 2.59. The maximum absolute atomic E-state index is 12.8. The number of nitriles is 1. The molecule has 1 saturated heterocycles. The Kier molecular flexibility index (Phi) is 7.71. The lowest BCUT2D eigenvalue weighted by atomic mass is 9.70. The Morgan fingerprint density at radius 1 is 1.37 bits per heavy atom. The molecule has 2 aliphatic carbocycles. The lowest BCUT2D eigenvalue weighted by Gasteiger charge is -2.36. The molecule has 8 heteroatoms. The molecule has 0 spiro atoms. The number of likely N-dealkylation sites (tertiary alicyclic amines) is 1. The minimum absolute atomic E-state index is 0.000202. The molecule has 1 aromatic carbocycles. The molecule has 3 aliphatic rings. The van der Waals surface area contributed by atoms with Gasteiger partial charge in [0.05, 0.1) is 24.3 Å². The molecular weight excluding hydrogens is 496 g/mol. The van der Waals surface area contributed by atoms with Crippen molar-refractivity contribution in [1.29, 1.82) is 5.26 Å². The van der Waals surface area contributed by atoms with E-state index < -0.39 is 6.10 Å². The van der Waals surface area contributed by atoms with E-state index in [4.69, 9.17) is 9.72 Å². The number of carbonyl (C=O) groups excluding carboxylic acids is 1. The van der Waals surface area contributed by atoms with Crippen LogP contribution in [-0.2, 0) is 10.2 Å². The fourth-order valence-corrected chi connectivity index (χ4v) is 7.10. The van der Waals surface area contributed by atoms with Gasteiger partial charge in [-0.3, -0.25) is 4.79 Å². The van der Waals surface area contributed by atoms with Crippen LogP contribution in [-0.4, -0.2) is 58.8 Å². The number of nitrogens with one attached hydrogen (secondary N) is 1. The zero-order chi connectivity index (χ0) is 26.9. The second-order valence-electron chi connectivity index (χ2n) is 11.0. The number of hydrogen-bond acceptors (Lipinski definition) is 7. The minimum Gasteiger partial charge on any atom is -0.490 e. The Labute approximate surface area is 228 Å². The summed E-state index contributed by atoms with van der Waals surface area (Å²) in [6.07, 6.45) is 11.9. The maximum Gasteiger partial charge on any atom is 0.236 e. The third kappa shape index (κ3) is 5.28. The van der Waals surface area contributed by atoms with Crippen molar-refractivity contribution in [3.63, 3.8) is 0 Å². The molecule has 2 fully saturated rings. The molecular formula is C30H36N4O3S. The topological polar surface area (TPSA) is 98.5 Å². The number of aliphatic hydroxyl groups excluding tert-OH is 1. The van der Waals surface area contributed by atoms with Gasteiger partial charge in [-0.2, -0.15) is 5.26 Å². The molecule has 2 N–H and O–H groups in total. The molecule has 2 heterocycles. The van der Waals surface area contributed by atoms with Crippen molar-refractivity contribution >= 4 is 17.2 Å². The molecule has 0 radical (unpaired) electrons. The first-order valence-corrected chi connectivity index (χ1v) is 14.4. The van der Waals surface area contributed by atoms with E-state index in [1.165, 1.54) is 10.5 Å². The number of nitrogens with zero attached hydrogens (tertiary/aromatic N) is 3. The summed E-state index contributed by atoms with van der Waals surface area (Å²) in [5.74, 6) is 0.997. The zero-order valence-electron chi connectivity index (χ0n) is 22.3. The Morgan fingerprint density at radius 2 is 2.21 bits per heavy atom. The standard InChI is InChI=1S/C30H36N4O3S/c1-19(2)37-26-11-8-20(14-21(26)15-31)29-33-16-27(38-29)30(3)12-4-7-23-24(30)9-10-25(23)32-17-28(36)34-13-5-6-22(35)18-34/h4,7-8,11-12,14,16,19,22,24-25,32,35H,5-6,9-10,13,17-18H2,1-3H3. The molecule has 1 amide bonds. The number of aromatic nitrogens is 1. The SMILES string of the molecule is CC(C)Oc1ccc(-c2ncc(C3(C)C=CC=C4C(NCC(=O)N5CCCC(O)C5)CCC43)s2)cc1C#N. The molecule has 5 rings (SSSR count). The van der Waals surface area contributed by atoms with Gasteiger partial charge in [0.25, 0.3) is 0 Å². The van der Waals surface area contributed by atoms with Crippen LogP contribution in [0.2, 0.25) is 0 Å². The lowest BCUT2D eigenvalue weighted by Crippen LogP contribution is -2.47. The lowest BCUT2D eigenvalue weighted by molar-refractivity contribution is -0.133. The predicted molar refractivity (Wildman–Crippen MR) is 149 cm³/mol. The number of benzene rings is 1. The fourth-order valence-electron chi connectivity index (χ4n) is 6.00.